The molecule has 1 aliphatic carbocycles. The average Bonchev–Trinajstić information content (AvgIpc) is 3.02. The lowest BCUT2D eigenvalue weighted by Gasteiger charge is -2.41. The van der Waals surface area contributed by atoms with Gasteiger partial charge in [-0.25, -0.2) is 4.90 Å². The van der Waals surface area contributed by atoms with Crippen molar-refractivity contribution in [1.82, 2.24) is 4.90 Å². The third-order valence-electron chi connectivity index (χ3n) is 6.60. The Balaban J connectivity index is 1.43. The number of fused-ring (bicyclic) bond motifs is 1. The molecule has 2 aliphatic rings. The first-order chi connectivity index (χ1) is 14.8. The van der Waals surface area contributed by atoms with E-state index in [2.05, 4.69) is 0 Å². The summed E-state index contributed by atoms with van der Waals surface area (Å²) >= 11 is 0. The van der Waals surface area contributed by atoms with Crippen LogP contribution < -0.4 is 9.47 Å². The van der Waals surface area contributed by atoms with E-state index in [0.29, 0.717) is 55.0 Å². The van der Waals surface area contributed by atoms with Crippen LogP contribution in [-0.2, 0) is 12.3 Å². The lowest BCUT2D eigenvalue weighted by atomic mass is 9.82. The van der Waals surface area contributed by atoms with E-state index in [0.717, 1.165) is 5.56 Å². The summed E-state index contributed by atoms with van der Waals surface area (Å²) in [6, 6.07) is 12.1. The second-order valence-electron chi connectivity index (χ2n) is 8.54. The minimum atomic E-state index is -2.03. The number of ketones is 1. The molecule has 1 heterocycles. The standard InChI is InChI=1S/C24H29NO6/c1-30-20-12-17-15-23(27,22(26)19(17)13-21(20)31-2)14-16-8-10-25(11-9-16)24(28,29)18-6-4-3-5-7-18/h3-7,12-13,16,27-29H,8-11,14-15H2,1-2H3. The van der Waals surface area contributed by atoms with E-state index in [-0.39, 0.29) is 18.1 Å². The fraction of sp³-hybridized carbons (Fsp3) is 0.458. The first-order valence-electron chi connectivity index (χ1n) is 10.6. The summed E-state index contributed by atoms with van der Waals surface area (Å²) in [6.45, 7) is 0.927. The van der Waals surface area contributed by atoms with E-state index >= 15 is 0 Å². The molecule has 1 aliphatic heterocycles. The van der Waals surface area contributed by atoms with Crippen LogP contribution >= 0.6 is 0 Å². The van der Waals surface area contributed by atoms with Crippen molar-refractivity contribution < 1.29 is 29.6 Å². The number of ether oxygens (including phenoxy) is 2. The molecule has 1 saturated heterocycles. The van der Waals surface area contributed by atoms with Gasteiger partial charge in [0.1, 0.15) is 5.60 Å². The maximum absolute atomic E-state index is 13.0. The molecule has 166 valence electrons. The number of piperidine rings is 1. The normalized spacial score (nSPS) is 22.4. The smallest absolute Gasteiger partial charge is 0.253 e. The molecule has 0 aromatic heterocycles. The minimum absolute atomic E-state index is 0.106. The molecule has 0 saturated carbocycles. The van der Waals surface area contributed by atoms with Crippen molar-refractivity contribution >= 4 is 5.78 Å². The van der Waals surface area contributed by atoms with E-state index in [1.165, 1.54) is 7.11 Å². The first kappa shape index (κ1) is 21.8. The quantitative estimate of drug-likeness (QED) is 0.607. The van der Waals surface area contributed by atoms with E-state index in [9.17, 15) is 20.1 Å². The number of nitrogens with zero attached hydrogens (tertiary/aromatic N) is 1. The van der Waals surface area contributed by atoms with Gasteiger partial charge in [-0.05, 0) is 42.9 Å². The molecule has 2 aromatic rings. The average molecular weight is 427 g/mol. The molecular formula is C24H29NO6. The van der Waals surface area contributed by atoms with Crippen LogP contribution in [0, 0.1) is 5.92 Å². The van der Waals surface area contributed by atoms with Crippen molar-refractivity contribution in [1.29, 1.82) is 0 Å². The third kappa shape index (κ3) is 3.94. The summed E-state index contributed by atoms with van der Waals surface area (Å²) < 4.78 is 10.6. The summed E-state index contributed by atoms with van der Waals surface area (Å²) in [6.07, 6.45) is 1.91. The van der Waals surface area contributed by atoms with Gasteiger partial charge in [0, 0.05) is 30.6 Å². The summed E-state index contributed by atoms with van der Waals surface area (Å²) in [4.78, 5) is 14.7. The van der Waals surface area contributed by atoms with Crippen molar-refractivity contribution in [3.63, 3.8) is 0 Å². The molecule has 2 aromatic carbocycles. The molecule has 0 amide bonds. The summed E-state index contributed by atoms with van der Waals surface area (Å²) in [5, 5.41) is 32.5. The third-order valence-corrected chi connectivity index (χ3v) is 6.60. The van der Waals surface area contributed by atoms with Crippen molar-refractivity contribution in [2.75, 3.05) is 27.3 Å². The summed E-state index contributed by atoms with van der Waals surface area (Å²) in [5.41, 5.74) is 0.209. The maximum Gasteiger partial charge on any atom is 0.253 e. The van der Waals surface area contributed by atoms with Gasteiger partial charge in [-0.1, -0.05) is 30.3 Å². The van der Waals surface area contributed by atoms with Crippen LogP contribution in [0.15, 0.2) is 42.5 Å². The van der Waals surface area contributed by atoms with Gasteiger partial charge in [-0.2, -0.15) is 0 Å². The predicted octanol–water partition coefficient (Wildman–Crippen LogP) is 2.07. The van der Waals surface area contributed by atoms with Gasteiger partial charge in [-0.3, -0.25) is 4.79 Å². The molecule has 0 radical (unpaired) electrons. The maximum atomic E-state index is 13.0. The van der Waals surface area contributed by atoms with E-state index in [1.54, 1.807) is 48.4 Å². The van der Waals surface area contributed by atoms with Crippen LogP contribution in [-0.4, -0.2) is 58.9 Å². The largest absolute Gasteiger partial charge is 0.493 e. The molecule has 7 nitrogen and oxygen atoms in total. The number of benzene rings is 2. The van der Waals surface area contributed by atoms with E-state index < -0.39 is 11.5 Å². The molecule has 4 rings (SSSR count). The van der Waals surface area contributed by atoms with Crippen LogP contribution in [0.5, 0.6) is 11.5 Å². The number of hydrogen-bond acceptors (Lipinski definition) is 7. The Morgan fingerprint density at radius 1 is 1.06 bits per heavy atom. The van der Waals surface area contributed by atoms with Crippen molar-refractivity contribution in [2.45, 2.75) is 37.2 Å². The van der Waals surface area contributed by atoms with Crippen LogP contribution in [0.25, 0.3) is 0 Å². The number of rotatable bonds is 6. The molecule has 7 heteroatoms. The number of Topliss-reactive ketones (excluding diaryl/α,β-unsaturated/α-hetero) is 1. The zero-order valence-corrected chi connectivity index (χ0v) is 17.9. The van der Waals surface area contributed by atoms with Crippen molar-refractivity contribution in [3.05, 3.63) is 59.2 Å². The zero-order valence-electron chi connectivity index (χ0n) is 17.9. The molecule has 1 atom stereocenters. The lowest BCUT2D eigenvalue weighted by molar-refractivity contribution is -0.281. The second-order valence-corrected chi connectivity index (χ2v) is 8.54. The molecule has 1 unspecified atom stereocenters. The SMILES string of the molecule is COc1cc2c(cc1OC)C(=O)C(O)(CC1CCN(C(O)(O)c3ccccc3)CC1)C2. The fourth-order valence-electron chi connectivity index (χ4n) is 4.86. The Morgan fingerprint density at radius 2 is 1.68 bits per heavy atom. The number of carbonyl (C=O) groups excluding carboxylic acids is 1. The number of methoxy groups -OCH3 is 2. The van der Waals surface area contributed by atoms with Crippen molar-refractivity contribution in [3.8, 4) is 11.5 Å². The Hall–Kier alpha value is -2.45. The Labute approximate surface area is 181 Å². The summed E-state index contributed by atoms with van der Waals surface area (Å²) in [5.74, 6) is -1.20. The predicted molar refractivity (Wildman–Crippen MR) is 114 cm³/mol. The summed E-state index contributed by atoms with van der Waals surface area (Å²) in [7, 11) is 3.06. The minimum Gasteiger partial charge on any atom is -0.493 e. The molecule has 3 N–H and O–H groups in total. The van der Waals surface area contributed by atoms with Gasteiger partial charge in [0.25, 0.3) is 5.91 Å². The Bertz CT molecular complexity index is 952. The monoisotopic (exact) mass is 427 g/mol. The highest BCUT2D eigenvalue weighted by Crippen LogP contribution is 2.42. The number of carbonyl (C=O) groups is 1. The second kappa shape index (κ2) is 8.24. The molecular weight excluding hydrogens is 398 g/mol. The number of aliphatic hydroxyl groups is 3. The zero-order chi connectivity index (χ0) is 22.2. The fourth-order valence-corrected chi connectivity index (χ4v) is 4.86. The highest BCUT2D eigenvalue weighted by molar-refractivity contribution is 6.07. The molecule has 0 spiro atoms. The van der Waals surface area contributed by atoms with Gasteiger partial charge in [0.15, 0.2) is 17.3 Å². The first-order valence-corrected chi connectivity index (χ1v) is 10.6. The molecule has 31 heavy (non-hydrogen) atoms. The van der Waals surface area contributed by atoms with Crippen LogP contribution in [0.4, 0.5) is 0 Å². The Morgan fingerprint density at radius 3 is 2.29 bits per heavy atom. The van der Waals surface area contributed by atoms with Crippen molar-refractivity contribution in [2.24, 2.45) is 5.92 Å². The van der Waals surface area contributed by atoms with Gasteiger partial charge in [0.05, 0.1) is 14.2 Å². The van der Waals surface area contributed by atoms with Gasteiger partial charge >= 0.3 is 0 Å². The molecule has 1 fully saturated rings. The van der Waals surface area contributed by atoms with Gasteiger partial charge in [-0.15, -0.1) is 0 Å². The van der Waals surface area contributed by atoms with Crippen LogP contribution in [0.3, 0.4) is 0 Å². The topological polar surface area (TPSA) is 99.5 Å². The van der Waals surface area contributed by atoms with E-state index in [1.807, 2.05) is 6.07 Å². The Kier molecular flexibility index (Phi) is 5.79. The number of likely N-dealkylation sites (tertiary alicyclic amines) is 1. The lowest BCUT2D eigenvalue weighted by Crippen LogP contribution is -2.50. The van der Waals surface area contributed by atoms with Crippen LogP contribution in [0.2, 0.25) is 0 Å². The van der Waals surface area contributed by atoms with E-state index in [4.69, 9.17) is 9.47 Å². The number of hydrogen-bond donors (Lipinski definition) is 3. The van der Waals surface area contributed by atoms with Crippen LogP contribution in [0.1, 0.15) is 40.7 Å². The highest BCUT2D eigenvalue weighted by atomic mass is 16.5. The molecule has 0 bridgehead atoms. The highest BCUT2D eigenvalue weighted by Gasteiger charge is 2.47. The van der Waals surface area contributed by atoms with Gasteiger partial charge < -0.3 is 24.8 Å². The van der Waals surface area contributed by atoms with Gasteiger partial charge in [0.2, 0.25) is 0 Å².